The summed E-state index contributed by atoms with van der Waals surface area (Å²) in [6, 6.07) is 0. The van der Waals surface area contributed by atoms with Gasteiger partial charge in [0, 0.05) is 12.7 Å². The van der Waals surface area contributed by atoms with Gasteiger partial charge in [0.1, 0.15) is 11.8 Å². The lowest BCUT2D eigenvalue weighted by Gasteiger charge is -2.14. The van der Waals surface area contributed by atoms with Gasteiger partial charge in [0.25, 0.3) is 5.91 Å². The number of pyridine rings is 1. The molecule has 26 heavy (non-hydrogen) atoms. The molecule has 138 valence electrons. The Balaban J connectivity index is 3.23. The summed E-state index contributed by atoms with van der Waals surface area (Å²) >= 11 is 0. The Morgan fingerprint density at radius 3 is 2.65 bits per heavy atom. The van der Waals surface area contributed by atoms with Gasteiger partial charge in [0.2, 0.25) is 11.2 Å². The molecule has 0 saturated heterocycles. The standard InChI is InChI=1S/C17H19N2O6P/c1-3-4-5-6-11(2)9-18-16(22)12-10-19(7-8-20)13(17(23)24)15(25-26)14(12)21/h3-6,8,10H,1,7,9,26H2,2H3,(H,18,22)(H,23,24)/b5-4-,11-6+. The summed E-state index contributed by atoms with van der Waals surface area (Å²) in [6.45, 7) is 5.14. The molecule has 9 heteroatoms. The summed E-state index contributed by atoms with van der Waals surface area (Å²) in [5, 5.41) is 11.8. The van der Waals surface area contributed by atoms with Crippen LogP contribution >= 0.6 is 9.47 Å². The fourth-order valence-corrected chi connectivity index (χ4v) is 2.25. The van der Waals surface area contributed by atoms with Crippen molar-refractivity contribution in [1.29, 1.82) is 0 Å². The number of carboxylic acid groups (broad SMARTS) is 1. The van der Waals surface area contributed by atoms with Crippen LogP contribution in [0.15, 0.2) is 47.4 Å². The molecule has 2 N–H and O–H groups in total. The maximum absolute atomic E-state index is 12.4. The monoisotopic (exact) mass is 378 g/mol. The number of aromatic nitrogens is 1. The Morgan fingerprint density at radius 2 is 2.12 bits per heavy atom. The molecule has 0 aliphatic heterocycles. The first-order chi connectivity index (χ1) is 12.4. The quantitative estimate of drug-likeness (QED) is 0.381. The van der Waals surface area contributed by atoms with Gasteiger partial charge < -0.3 is 24.3 Å². The highest BCUT2D eigenvalue weighted by atomic mass is 31.0. The minimum atomic E-state index is -1.46. The highest BCUT2D eigenvalue weighted by Gasteiger charge is 2.24. The normalized spacial score (nSPS) is 11.2. The third kappa shape index (κ3) is 5.26. The van der Waals surface area contributed by atoms with Crippen molar-refractivity contribution in [3.8, 4) is 5.75 Å². The second-order valence-electron chi connectivity index (χ2n) is 5.11. The summed E-state index contributed by atoms with van der Waals surface area (Å²) in [7, 11) is 1.77. The number of nitrogens with one attached hydrogen (secondary N) is 1. The van der Waals surface area contributed by atoms with Gasteiger partial charge in [0.15, 0.2) is 5.69 Å². The van der Waals surface area contributed by atoms with Gasteiger partial charge >= 0.3 is 5.97 Å². The lowest BCUT2D eigenvalue weighted by atomic mass is 10.2. The molecule has 1 amide bonds. The van der Waals surface area contributed by atoms with Crippen molar-refractivity contribution in [3.63, 3.8) is 0 Å². The van der Waals surface area contributed by atoms with Crippen molar-refractivity contribution < 1.29 is 24.0 Å². The number of carbonyl (C=O) groups excluding carboxylic acids is 2. The molecule has 8 nitrogen and oxygen atoms in total. The Bertz CT molecular complexity index is 838. The summed E-state index contributed by atoms with van der Waals surface area (Å²) in [6.07, 6.45) is 8.30. The van der Waals surface area contributed by atoms with Crippen LogP contribution in [0.3, 0.4) is 0 Å². The minimum Gasteiger partial charge on any atom is -0.476 e. The van der Waals surface area contributed by atoms with E-state index in [2.05, 4.69) is 11.9 Å². The molecule has 1 heterocycles. The van der Waals surface area contributed by atoms with Crippen LogP contribution in [0.2, 0.25) is 0 Å². The molecule has 0 saturated carbocycles. The van der Waals surface area contributed by atoms with E-state index in [1.54, 1.807) is 40.7 Å². The Hall–Kier alpha value is -2.99. The second-order valence-corrected chi connectivity index (χ2v) is 5.34. The van der Waals surface area contributed by atoms with Crippen molar-refractivity contribution >= 4 is 27.6 Å². The maximum Gasteiger partial charge on any atom is 0.356 e. The van der Waals surface area contributed by atoms with Crippen molar-refractivity contribution in [2.45, 2.75) is 13.5 Å². The molecule has 0 aromatic carbocycles. The van der Waals surface area contributed by atoms with Gasteiger partial charge in [-0.15, -0.1) is 0 Å². The fourth-order valence-electron chi connectivity index (χ4n) is 2.03. The Kier molecular flexibility index (Phi) is 8.18. The number of rotatable bonds is 9. The maximum atomic E-state index is 12.4. The van der Waals surface area contributed by atoms with E-state index in [4.69, 9.17) is 4.52 Å². The summed E-state index contributed by atoms with van der Waals surface area (Å²) in [4.78, 5) is 46.9. The third-order valence-electron chi connectivity index (χ3n) is 3.23. The molecule has 0 aliphatic carbocycles. The molecule has 0 spiro atoms. The molecule has 1 unspecified atom stereocenters. The van der Waals surface area contributed by atoms with E-state index < -0.39 is 28.7 Å². The van der Waals surface area contributed by atoms with E-state index in [-0.39, 0.29) is 18.7 Å². The predicted octanol–water partition coefficient (Wildman–Crippen LogP) is 1.33. The Morgan fingerprint density at radius 1 is 1.42 bits per heavy atom. The highest BCUT2D eigenvalue weighted by molar-refractivity contribution is 7.10. The summed E-state index contributed by atoms with van der Waals surface area (Å²) in [5.41, 5.74) is -0.914. The van der Waals surface area contributed by atoms with E-state index in [0.29, 0.717) is 6.29 Å². The van der Waals surface area contributed by atoms with Crippen molar-refractivity contribution in [3.05, 3.63) is 64.1 Å². The second kappa shape index (κ2) is 10.1. The van der Waals surface area contributed by atoms with Crippen LogP contribution in [0.5, 0.6) is 5.75 Å². The number of allylic oxidation sites excluding steroid dienone is 4. The highest BCUT2D eigenvalue weighted by Crippen LogP contribution is 2.17. The molecule has 0 bridgehead atoms. The van der Waals surface area contributed by atoms with E-state index in [1.807, 2.05) is 0 Å². The van der Waals surface area contributed by atoms with Crippen molar-refractivity contribution in [2.75, 3.05) is 6.54 Å². The zero-order valence-corrected chi connectivity index (χ0v) is 15.3. The first-order valence-corrected chi connectivity index (χ1v) is 7.88. The topological polar surface area (TPSA) is 115 Å². The lowest BCUT2D eigenvalue weighted by molar-refractivity contribution is -0.108. The number of hydrogen-bond acceptors (Lipinski definition) is 5. The average molecular weight is 378 g/mol. The first-order valence-electron chi connectivity index (χ1n) is 7.41. The largest absolute Gasteiger partial charge is 0.476 e. The molecular weight excluding hydrogens is 359 g/mol. The molecular formula is C17H19N2O6P. The van der Waals surface area contributed by atoms with Gasteiger partial charge in [-0.1, -0.05) is 36.5 Å². The van der Waals surface area contributed by atoms with Gasteiger partial charge in [-0.05, 0) is 6.92 Å². The number of aromatic carboxylic acids is 1. The van der Waals surface area contributed by atoms with Gasteiger partial charge in [-0.3, -0.25) is 9.59 Å². The minimum absolute atomic E-state index is 0.172. The van der Waals surface area contributed by atoms with Crippen LogP contribution in [-0.4, -0.2) is 34.4 Å². The van der Waals surface area contributed by atoms with E-state index in [1.165, 1.54) is 0 Å². The number of nitrogens with zero attached hydrogens (tertiary/aromatic N) is 1. The van der Waals surface area contributed by atoms with Crippen LogP contribution in [0.25, 0.3) is 0 Å². The van der Waals surface area contributed by atoms with E-state index >= 15 is 0 Å². The van der Waals surface area contributed by atoms with Crippen molar-refractivity contribution in [1.82, 2.24) is 9.88 Å². The number of carbonyl (C=O) groups is 3. The van der Waals surface area contributed by atoms with Crippen molar-refractivity contribution in [2.24, 2.45) is 0 Å². The van der Waals surface area contributed by atoms with Crippen LogP contribution in [0, 0.1) is 0 Å². The molecule has 1 aromatic heterocycles. The SMILES string of the molecule is C=C/C=C\C=C(/C)CNC(=O)c1cn(CC=O)c(C(=O)O)c(OP)c1=O. The molecule has 1 rings (SSSR count). The predicted molar refractivity (Wildman–Crippen MR) is 99.5 cm³/mol. The van der Waals surface area contributed by atoms with Gasteiger partial charge in [-0.2, -0.15) is 0 Å². The number of amides is 1. The van der Waals surface area contributed by atoms with Crippen LogP contribution in [0.4, 0.5) is 0 Å². The average Bonchev–Trinajstić information content (AvgIpc) is 2.60. The fraction of sp³-hybridized carbons (Fsp3) is 0.176. The summed E-state index contributed by atoms with van der Waals surface area (Å²) < 4.78 is 5.76. The molecule has 0 fully saturated rings. The van der Waals surface area contributed by atoms with Crippen LogP contribution < -0.4 is 15.3 Å². The number of carboxylic acids is 1. The lowest BCUT2D eigenvalue weighted by Crippen LogP contribution is -2.32. The van der Waals surface area contributed by atoms with E-state index in [0.717, 1.165) is 16.3 Å². The number of aldehydes is 1. The molecule has 1 atom stereocenters. The van der Waals surface area contributed by atoms with Gasteiger partial charge in [-0.25, -0.2) is 4.79 Å². The molecule has 1 aromatic rings. The first kappa shape index (κ1) is 21.1. The van der Waals surface area contributed by atoms with E-state index in [9.17, 15) is 24.3 Å². The zero-order valence-electron chi connectivity index (χ0n) is 14.1. The van der Waals surface area contributed by atoms with Crippen LogP contribution in [-0.2, 0) is 11.3 Å². The molecule has 0 aliphatic rings. The third-order valence-corrected chi connectivity index (χ3v) is 3.47. The van der Waals surface area contributed by atoms with Crippen LogP contribution in [0.1, 0.15) is 27.8 Å². The van der Waals surface area contributed by atoms with Gasteiger partial charge in [0.05, 0.1) is 16.0 Å². The molecule has 0 radical (unpaired) electrons. The smallest absolute Gasteiger partial charge is 0.356 e. The Labute approximate surface area is 152 Å². The number of hydrogen-bond donors (Lipinski definition) is 2. The zero-order chi connectivity index (χ0) is 19.7. The summed E-state index contributed by atoms with van der Waals surface area (Å²) in [5.74, 6) is -2.71.